The van der Waals surface area contributed by atoms with Crippen molar-refractivity contribution >= 4 is 16.7 Å². The Labute approximate surface area is 193 Å². The maximum atomic E-state index is 11.3. The Morgan fingerprint density at radius 1 is 0.909 bits per heavy atom. The summed E-state index contributed by atoms with van der Waals surface area (Å²) < 4.78 is 12.0. The van der Waals surface area contributed by atoms with Crippen LogP contribution in [0.2, 0.25) is 0 Å². The van der Waals surface area contributed by atoms with Crippen LogP contribution in [0.3, 0.4) is 0 Å². The summed E-state index contributed by atoms with van der Waals surface area (Å²) in [6.45, 7) is 2.80. The zero-order chi connectivity index (χ0) is 22.4. The molecule has 0 saturated heterocycles. The highest BCUT2D eigenvalue weighted by molar-refractivity contribution is 5.95. The molecule has 168 valence electrons. The van der Waals surface area contributed by atoms with Gasteiger partial charge in [0.15, 0.2) is 11.5 Å². The lowest BCUT2D eigenvalue weighted by Crippen LogP contribution is -2.53. The lowest BCUT2D eigenvalue weighted by Gasteiger charge is -2.61. The molecule has 1 N–H and O–H groups in total. The molecule has 0 spiro atoms. The lowest BCUT2D eigenvalue weighted by atomic mass is 9.43. The van der Waals surface area contributed by atoms with E-state index < -0.39 is 5.97 Å². The van der Waals surface area contributed by atoms with Crippen LogP contribution in [0, 0.1) is 17.3 Å². The van der Waals surface area contributed by atoms with E-state index in [0.29, 0.717) is 17.8 Å². The average molecular weight is 441 g/mol. The molecule has 3 aromatic rings. The summed E-state index contributed by atoms with van der Waals surface area (Å²) in [5, 5.41) is 11.3. The summed E-state index contributed by atoms with van der Waals surface area (Å²) >= 11 is 0. The fraction of sp³-hybridized carbons (Fsp3) is 0.414. The van der Waals surface area contributed by atoms with Gasteiger partial charge in [-0.1, -0.05) is 25.1 Å². The molecule has 3 aromatic carbocycles. The summed E-state index contributed by atoms with van der Waals surface area (Å²) in [4.78, 5) is 11.3. The van der Waals surface area contributed by atoms with Crippen molar-refractivity contribution in [2.24, 2.45) is 17.3 Å². The third kappa shape index (κ3) is 2.92. The van der Waals surface area contributed by atoms with Gasteiger partial charge in [0.25, 0.3) is 0 Å². The van der Waals surface area contributed by atoms with Crippen molar-refractivity contribution in [2.75, 3.05) is 6.79 Å². The Morgan fingerprint density at radius 3 is 2.42 bits per heavy atom. The van der Waals surface area contributed by atoms with Gasteiger partial charge in [-0.05, 0) is 108 Å². The van der Waals surface area contributed by atoms with Gasteiger partial charge >= 0.3 is 5.97 Å². The Balaban J connectivity index is 1.36. The maximum Gasteiger partial charge on any atom is 0.335 e. The van der Waals surface area contributed by atoms with Gasteiger partial charge in [-0.25, -0.2) is 4.79 Å². The predicted octanol–water partition coefficient (Wildman–Crippen LogP) is 6.79. The molecule has 33 heavy (non-hydrogen) atoms. The molecule has 4 fully saturated rings. The number of ether oxygens (including phenoxy) is 2. The SMILES string of the molecule is CC12CC3CC(C1)CC(c1cc(-c4ccc5cc(C(=O)O)ccc5c4)cc4c1OCO4)(C3)C2. The molecular weight excluding hydrogens is 412 g/mol. The van der Waals surface area contributed by atoms with Crippen LogP contribution < -0.4 is 9.47 Å². The van der Waals surface area contributed by atoms with Gasteiger partial charge in [-0.15, -0.1) is 0 Å². The first kappa shape index (κ1) is 19.5. The fourth-order valence-electron chi connectivity index (χ4n) is 8.16. The Kier molecular flexibility index (Phi) is 3.85. The second kappa shape index (κ2) is 6.53. The van der Waals surface area contributed by atoms with Crippen molar-refractivity contribution in [3.05, 3.63) is 59.7 Å². The van der Waals surface area contributed by atoms with Crippen molar-refractivity contribution in [2.45, 2.75) is 50.9 Å². The summed E-state index contributed by atoms with van der Waals surface area (Å²) in [6, 6.07) is 16.1. The van der Waals surface area contributed by atoms with Gasteiger partial charge in [0.1, 0.15) is 0 Å². The minimum Gasteiger partial charge on any atom is -0.478 e. The number of fused-ring (bicyclic) bond motifs is 2. The fourth-order valence-corrected chi connectivity index (χ4v) is 8.16. The average Bonchev–Trinajstić information content (AvgIpc) is 3.24. The zero-order valence-corrected chi connectivity index (χ0v) is 18.9. The molecule has 0 amide bonds. The monoisotopic (exact) mass is 440 g/mol. The van der Waals surface area contributed by atoms with Crippen molar-refractivity contribution < 1.29 is 19.4 Å². The minimum atomic E-state index is -0.898. The summed E-state index contributed by atoms with van der Waals surface area (Å²) in [5.41, 5.74) is 4.60. The van der Waals surface area contributed by atoms with Crippen LogP contribution in [-0.2, 0) is 5.41 Å². The number of aromatic carboxylic acids is 1. The van der Waals surface area contributed by atoms with Crippen LogP contribution in [0.4, 0.5) is 0 Å². The molecular formula is C29H28O4. The first-order valence-corrected chi connectivity index (χ1v) is 12.1. The van der Waals surface area contributed by atoms with E-state index in [9.17, 15) is 9.90 Å². The van der Waals surface area contributed by atoms with Crippen LogP contribution in [0.1, 0.15) is 61.4 Å². The molecule has 0 aromatic heterocycles. The topological polar surface area (TPSA) is 55.8 Å². The van der Waals surface area contributed by atoms with Gasteiger partial charge in [-0.3, -0.25) is 0 Å². The highest BCUT2D eigenvalue weighted by atomic mass is 16.7. The number of carboxylic acid groups (broad SMARTS) is 1. The number of carbonyl (C=O) groups is 1. The van der Waals surface area contributed by atoms with Crippen LogP contribution >= 0.6 is 0 Å². The van der Waals surface area contributed by atoms with Crippen molar-refractivity contribution in [1.82, 2.24) is 0 Å². The van der Waals surface area contributed by atoms with Crippen molar-refractivity contribution in [3.8, 4) is 22.6 Å². The minimum absolute atomic E-state index is 0.194. The van der Waals surface area contributed by atoms with Crippen LogP contribution in [0.5, 0.6) is 11.5 Å². The Hall–Kier alpha value is -3.01. The van der Waals surface area contributed by atoms with Gasteiger partial charge < -0.3 is 14.6 Å². The smallest absolute Gasteiger partial charge is 0.335 e. The van der Waals surface area contributed by atoms with E-state index in [1.165, 1.54) is 44.1 Å². The molecule has 5 aliphatic rings. The first-order chi connectivity index (χ1) is 15.9. The van der Waals surface area contributed by atoms with Crippen LogP contribution in [0.25, 0.3) is 21.9 Å². The van der Waals surface area contributed by atoms with E-state index in [1.54, 1.807) is 12.1 Å². The number of benzene rings is 3. The molecule has 1 heterocycles. The molecule has 8 rings (SSSR count). The second-order valence-corrected chi connectivity index (χ2v) is 11.4. The van der Waals surface area contributed by atoms with Crippen LogP contribution in [-0.4, -0.2) is 17.9 Å². The third-order valence-corrected chi connectivity index (χ3v) is 8.82. The highest BCUT2D eigenvalue weighted by Gasteiger charge is 2.57. The molecule has 4 heteroatoms. The third-order valence-electron chi connectivity index (χ3n) is 8.82. The van der Waals surface area contributed by atoms with E-state index in [4.69, 9.17) is 9.47 Å². The number of hydrogen-bond acceptors (Lipinski definition) is 3. The van der Waals surface area contributed by atoms with E-state index in [-0.39, 0.29) is 5.41 Å². The Morgan fingerprint density at radius 2 is 1.67 bits per heavy atom. The molecule has 4 saturated carbocycles. The summed E-state index contributed by atoms with van der Waals surface area (Å²) in [7, 11) is 0. The van der Waals surface area contributed by atoms with E-state index in [1.807, 2.05) is 12.1 Å². The molecule has 1 aliphatic heterocycles. The molecule has 2 unspecified atom stereocenters. The number of carboxylic acids is 1. The molecule has 2 atom stereocenters. The zero-order valence-electron chi connectivity index (χ0n) is 18.9. The van der Waals surface area contributed by atoms with Gasteiger partial charge in [0, 0.05) is 11.0 Å². The van der Waals surface area contributed by atoms with Gasteiger partial charge in [0.2, 0.25) is 6.79 Å². The van der Waals surface area contributed by atoms with Crippen LogP contribution in [0.15, 0.2) is 48.5 Å². The number of hydrogen-bond donors (Lipinski definition) is 1. The largest absolute Gasteiger partial charge is 0.478 e. The van der Waals surface area contributed by atoms with E-state index in [2.05, 4.69) is 31.2 Å². The lowest BCUT2D eigenvalue weighted by molar-refractivity contribution is -0.0622. The maximum absolute atomic E-state index is 11.3. The molecule has 4 aliphatic carbocycles. The van der Waals surface area contributed by atoms with E-state index in [0.717, 1.165) is 45.2 Å². The predicted molar refractivity (Wildman–Crippen MR) is 127 cm³/mol. The number of rotatable bonds is 3. The highest BCUT2D eigenvalue weighted by Crippen LogP contribution is 2.67. The van der Waals surface area contributed by atoms with Crippen molar-refractivity contribution in [1.29, 1.82) is 0 Å². The summed E-state index contributed by atoms with van der Waals surface area (Å²) in [6.07, 6.45) is 7.96. The summed E-state index contributed by atoms with van der Waals surface area (Å²) in [5.74, 6) is 2.61. The van der Waals surface area contributed by atoms with E-state index >= 15 is 0 Å². The molecule has 4 bridgehead atoms. The quantitative estimate of drug-likeness (QED) is 0.487. The Bertz CT molecular complexity index is 1310. The van der Waals surface area contributed by atoms with Gasteiger partial charge in [0.05, 0.1) is 5.56 Å². The molecule has 0 radical (unpaired) electrons. The van der Waals surface area contributed by atoms with Crippen molar-refractivity contribution in [3.63, 3.8) is 0 Å². The van der Waals surface area contributed by atoms with Gasteiger partial charge in [-0.2, -0.15) is 0 Å². The first-order valence-electron chi connectivity index (χ1n) is 12.1. The standard InChI is InChI=1S/C29H28O4/c1-28-11-17-6-18(12-28)14-29(13-17,15-28)24-9-23(10-25-26(24)33-16-32-25)21-3-2-20-8-22(27(30)31)5-4-19(20)7-21/h2-5,7-10,17-18H,6,11-16H2,1H3,(H,30,31). The normalized spacial score (nSPS) is 31.3. The molecule has 4 nitrogen and oxygen atoms in total. The second-order valence-electron chi connectivity index (χ2n) is 11.4.